The van der Waals surface area contributed by atoms with Crippen molar-refractivity contribution in [3.63, 3.8) is 0 Å². The van der Waals surface area contributed by atoms with E-state index in [1.807, 2.05) is 19.9 Å². The van der Waals surface area contributed by atoms with Gasteiger partial charge >= 0.3 is 0 Å². The van der Waals surface area contributed by atoms with Crippen LogP contribution in [0.3, 0.4) is 0 Å². The third-order valence-corrected chi connectivity index (χ3v) is 4.27. The van der Waals surface area contributed by atoms with Gasteiger partial charge in [-0.15, -0.1) is 0 Å². The molecule has 112 valence electrons. The van der Waals surface area contributed by atoms with E-state index in [1.165, 1.54) is 0 Å². The average Bonchev–Trinajstić information content (AvgIpc) is 3.06. The zero-order valence-electron chi connectivity index (χ0n) is 11.9. The van der Waals surface area contributed by atoms with E-state index in [1.54, 1.807) is 6.20 Å². The summed E-state index contributed by atoms with van der Waals surface area (Å²) in [6.07, 6.45) is 3.79. The Morgan fingerprint density at radius 1 is 1.48 bits per heavy atom. The zero-order valence-corrected chi connectivity index (χ0v) is 14.2. The lowest BCUT2D eigenvalue weighted by Crippen LogP contribution is -2.24. The molecule has 0 aromatic carbocycles. The number of hydrogen-bond donors (Lipinski definition) is 0. The van der Waals surface area contributed by atoms with E-state index in [9.17, 15) is 0 Å². The molecule has 1 atom stereocenters. The van der Waals surface area contributed by atoms with Crippen LogP contribution in [0, 0.1) is 0 Å². The molecule has 0 radical (unpaired) electrons. The smallest absolute Gasteiger partial charge is 0.229 e. The molecule has 5 nitrogen and oxygen atoms in total. The topological polar surface area (TPSA) is 55.1 Å². The van der Waals surface area contributed by atoms with E-state index in [-0.39, 0.29) is 12.0 Å². The minimum Gasteiger partial charge on any atom is -0.345 e. The van der Waals surface area contributed by atoms with Crippen molar-refractivity contribution < 1.29 is 4.52 Å². The summed E-state index contributed by atoms with van der Waals surface area (Å²) < 4.78 is 6.19. The quantitative estimate of drug-likeness (QED) is 0.803. The molecular formula is C14H16BrClN4O. The number of hydrogen-bond acceptors (Lipinski definition) is 5. The van der Waals surface area contributed by atoms with Gasteiger partial charge in [0, 0.05) is 23.1 Å². The zero-order chi connectivity index (χ0) is 15.0. The van der Waals surface area contributed by atoms with Crippen molar-refractivity contribution in [3.05, 3.63) is 33.5 Å². The number of pyridine rings is 1. The second-order valence-electron chi connectivity index (χ2n) is 5.46. The van der Waals surface area contributed by atoms with Crippen LogP contribution >= 0.6 is 27.5 Å². The second kappa shape index (κ2) is 5.93. The molecule has 3 heterocycles. The normalized spacial score (nSPS) is 18.7. The molecule has 2 aromatic heterocycles. The van der Waals surface area contributed by atoms with E-state index in [0.29, 0.717) is 10.9 Å². The molecule has 1 fully saturated rings. The molecule has 0 saturated carbocycles. The first-order chi connectivity index (χ1) is 10.1. The molecule has 0 bridgehead atoms. The van der Waals surface area contributed by atoms with Crippen molar-refractivity contribution in [2.75, 3.05) is 11.4 Å². The SMILES string of the molecule is CC(C)c1nc(C2CCCN2c2ncc(Br)cc2Cl)no1. The van der Waals surface area contributed by atoms with Crippen molar-refractivity contribution in [2.45, 2.75) is 38.6 Å². The Morgan fingerprint density at radius 2 is 2.29 bits per heavy atom. The minimum absolute atomic E-state index is 0.0763. The van der Waals surface area contributed by atoms with Gasteiger partial charge in [0.05, 0.1) is 11.1 Å². The van der Waals surface area contributed by atoms with Crippen LogP contribution in [0.4, 0.5) is 5.82 Å². The van der Waals surface area contributed by atoms with E-state index in [2.05, 4.69) is 36.0 Å². The third kappa shape index (κ3) is 2.92. The van der Waals surface area contributed by atoms with Crippen LogP contribution in [-0.4, -0.2) is 21.7 Å². The fourth-order valence-corrected chi connectivity index (χ4v) is 3.26. The molecule has 1 saturated heterocycles. The van der Waals surface area contributed by atoms with Crippen LogP contribution in [0.1, 0.15) is 50.4 Å². The van der Waals surface area contributed by atoms with Crippen LogP contribution in [-0.2, 0) is 0 Å². The van der Waals surface area contributed by atoms with Crippen molar-refractivity contribution >= 4 is 33.3 Å². The van der Waals surface area contributed by atoms with Crippen LogP contribution in [0.15, 0.2) is 21.3 Å². The Hall–Kier alpha value is -1.14. The van der Waals surface area contributed by atoms with Gasteiger partial charge in [-0.1, -0.05) is 30.6 Å². The predicted octanol–water partition coefficient (Wildman–Crippen LogP) is 4.35. The Bertz CT molecular complexity index is 646. The van der Waals surface area contributed by atoms with E-state index in [4.69, 9.17) is 16.1 Å². The van der Waals surface area contributed by atoms with Crippen LogP contribution < -0.4 is 4.90 Å². The minimum atomic E-state index is 0.0763. The van der Waals surface area contributed by atoms with Crippen LogP contribution in [0.2, 0.25) is 5.02 Å². The highest BCUT2D eigenvalue weighted by atomic mass is 79.9. The summed E-state index contributed by atoms with van der Waals surface area (Å²) in [5.41, 5.74) is 0. The molecule has 0 spiro atoms. The summed E-state index contributed by atoms with van der Waals surface area (Å²) in [4.78, 5) is 11.1. The fraction of sp³-hybridized carbons (Fsp3) is 0.500. The monoisotopic (exact) mass is 370 g/mol. The molecule has 1 aliphatic rings. The Kier molecular flexibility index (Phi) is 4.17. The van der Waals surface area contributed by atoms with Crippen molar-refractivity contribution in [3.8, 4) is 0 Å². The van der Waals surface area contributed by atoms with E-state index < -0.39 is 0 Å². The third-order valence-electron chi connectivity index (χ3n) is 3.56. The standard InChI is InChI=1S/C14H16BrClN4O/c1-8(2)14-18-12(19-21-14)11-4-3-5-20(11)13-10(16)6-9(15)7-17-13/h6-8,11H,3-5H2,1-2H3. The summed E-state index contributed by atoms with van der Waals surface area (Å²) in [7, 11) is 0. The van der Waals surface area contributed by atoms with Gasteiger partial charge in [-0.25, -0.2) is 4.98 Å². The number of anilines is 1. The lowest BCUT2D eigenvalue weighted by Gasteiger charge is -2.24. The lowest BCUT2D eigenvalue weighted by atomic mass is 10.2. The molecule has 7 heteroatoms. The largest absolute Gasteiger partial charge is 0.345 e. The predicted molar refractivity (Wildman–Crippen MR) is 84.7 cm³/mol. The summed E-state index contributed by atoms with van der Waals surface area (Å²) in [5.74, 6) is 2.40. The average molecular weight is 372 g/mol. The highest BCUT2D eigenvalue weighted by Gasteiger charge is 2.32. The van der Waals surface area contributed by atoms with E-state index >= 15 is 0 Å². The number of aromatic nitrogens is 3. The fourth-order valence-electron chi connectivity index (χ4n) is 2.52. The number of halogens is 2. The first-order valence-corrected chi connectivity index (χ1v) is 8.14. The summed E-state index contributed by atoms with van der Waals surface area (Å²) >= 11 is 9.70. The highest BCUT2D eigenvalue weighted by Crippen LogP contribution is 2.38. The maximum absolute atomic E-state index is 6.32. The lowest BCUT2D eigenvalue weighted by molar-refractivity contribution is 0.358. The van der Waals surface area contributed by atoms with Gasteiger partial charge < -0.3 is 9.42 Å². The second-order valence-corrected chi connectivity index (χ2v) is 6.78. The van der Waals surface area contributed by atoms with Crippen LogP contribution in [0.25, 0.3) is 0 Å². The van der Waals surface area contributed by atoms with Crippen molar-refractivity contribution in [2.24, 2.45) is 0 Å². The van der Waals surface area contributed by atoms with Crippen LogP contribution in [0.5, 0.6) is 0 Å². The van der Waals surface area contributed by atoms with Gasteiger partial charge in [0.25, 0.3) is 0 Å². The van der Waals surface area contributed by atoms with Gasteiger partial charge in [-0.05, 0) is 34.8 Å². The van der Waals surface area contributed by atoms with Crippen molar-refractivity contribution in [1.29, 1.82) is 0 Å². The Labute approximate surface area is 136 Å². The molecule has 0 N–H and O–H groups in total. The molecule has 0 aliphatic carbocycles. The van der Waals surface area contributed by atoms with E-state index in [0.717, 1.165) is 35.5 Å². The van der Waals surface area contributed by atoms with Gasteiger partial charge in [-0.3, -0.25) is 0 Å². The van der Waals surface area contributed by atoms with Gasteiger partial charge in [0.1, 0.15) is 5.82 Å². The van der Waals surface area contributed by atoms with Gasteiger partial charge in [-0.2, -0.15) is 4.98 Å². The molecule has 1 unspecified atom stereocenters. The molecule has 0 amide bonds. The molecule has 1 aliphatic heterocycles. The summed E-state index contributed by atoms with van der Waals surface area (Å²) in [5, 5.41) is 4.76. The Balaban J connectivity index is 1.91. The number of nitrogens with zero attached hydrogens (tertiary/aromatic N) is 4. The maximum atomic E-state index is 6.32. The first-order valence-electron chi connectivity index (χ1n) is 6.97. The number of rotatable bonds is 3. The van der Waals surface area contributed by atoms with Crippen molar-refractivity contribution in [1.82, 2.24) is 15.1 Å². The molecule has 21 heavy (non-hydrogen) atoms. The molecule has 3 rings (SSSR count). The summed E-state index contributed by atoms with van der Waals surface area (Å²) in [6.45, 7) is 4.97. The van der Waals surface area contributed by atoms with Gasteiger partial charge in [0.2, 0.25) is 5.89 Å². The molecular weight excluding hydrogens is 356 g/mol. The highest BCUT2D eigenvalue weighted by molar-refractivity contribution is 9.10. The summed E-state index contributed by atoms with van der Waals surface area (Å²) in [6, 6.07) is 1.93. The van der Waals surface area contributed by atoms with Gasteiger partial charge in [0.15, 0.2) is 5.82 Å². The Morgan fingerprint density at radius 3 is 2.95 bits per heavy atom. The maximum Gasteiger partial charge on any atom is 0.229 e. The first kappa shape index (κ1) is 14.8. The molecule has 2 aromatic rings.